The predicted molar refractivity (Wildman–Crippen MR) is 102 cm³/mol. The van der Waals surface area contributed by atoms with E-state index in [2.05, 4.69) is 45.1 Å². The molecule has 0 amide bonds. The monoisotopic (exact) mass is 354 g/mol. The van der Waals surface area contributed by atoms with Gasteiger partial charge in [-0.3, -0.25) is 0 Å². The van der Waals surface area contributed by atoms with E-state index in [1.807, 2.05) is 6.20 Å². The number of morpholine rings is 2. The van der Waals surface area contributed by atoms with Crippen LogP contribution in [0.2, 0.25) is 0 Å². The number of hydrogen-bond donors (Lipinski definition) is 0. The number of aromatic nitrogens is 2. The number of benzene rings is 1. The van der Waals surface area contributed by atoms with Crippen molar-refractivity contribution >= 4 is 11.8 Å². The SMILES string of the molecule is c1ccc(CCc2cnc(N3CCOCC3)nc2N2CCOCC2)cc1. The van der Waals surface area contributed by atoms with Gasteiger partial charge in [0, 0.05) is 37.9 Å². The summed E-state index contributed by atoms with van der Waals surface area (Å²) < 4.78 is 11.0. The van der Waals surface area contributed by atoms with Crippen molar-refractivity contribution in [3.8, 4) is 0 Å². The van der Waals surface area contributed by atoms with E-state index in [1.165, 1.54) is 11.1 Å². The molecule has 2 fully saturated rings. The van der Waals surface area contributed by atoms with Crippen molar-refractivity contribution < 1.29 is 9.47 Å². The number of ether oxygens (including phenoxy) is 2. The minimum atomic E-state index is 0.742. The zero-order valence-electron chi connectivity index (χ0n) is 15.1. The Morgan fingerprint density at radius 1 is 0.808 bits per heavy atom. The molecule has 2 aliphatic heterocycles. The van der Waals surface area contributed by atoms with Crippen molar-refractivity contribution in [2.24, 2.45) is 0 Å². The molecule has 2 aromatic rings. The van der Waals surface area contributed by atoms with E-state index >= 15 is 0 Å². The van der Waals surface area contributed by atoms with E-state index < -0.39 is 0 Å². The quantitative estimate of drug-likeness (QED) is 0.818. The molecule has 0 N–H and O–H groups in total. The van der Waals surface area contributed by atoms with Crippen molar-refractivity contribution in [3.05, 3.63) is 47.7 Å². The summed E-state index contributed by atoms with van der Waals surface area (Å²) in [5, 5.41) is 0. The van der Waals surface area contributed by atoms with Crippen LogP contribution in [0, 0.1) is 0 Å². The van der Waals surface area contributed by atoms with Crippen LogP contribution in [0.1, 0.15) is 11.1 Å². The molecule has 0 bridgehead atoms. The van der Waals surface area contributed by atoms with E-state index in [1.54, 1.807) is 0 Å². The Hall–Kier alpha value is -2.18. The van der Waals surface area contributed by atoms with Crippen LogP contribution < -0.4 is 9.80 Å². The maximum atomic E-state index is 5.52. The van der Waals surface area contributed by atoms with E-state index in [9.17, 15) is 0 Å². The summed E-state index contributed by atoms with van der Waals surface area (Å²) in [5.41, 5.74) is 2.56. The Balaban J connectivity index is 1.56. The summed E-state index contributed by atoms with van der Waals surface area (Å²) in [7, 11) is 0. The normalized spacial score (nSPS) is 18.2. The molecule has 2 aliphatic rings. The average Bonchev–Trinajstić information content (AvgIpc) is 2.74. The molecule has 1 aromatic carbocycles. The third kappa shape index (κ3) is 4.14. The standard InChI is InChI=1S/C20H26N4O2/c1-2-4-17(5-3-1)6-7-18-16-21-20(24-10-14-26-15-11-24)22-19(18)23-8-12-25-13-9-23/h1-5,16H,6-15H2. The van der Waals surface area contributed by atoms with Gasteiger partial charge in [0.1, 0.15) is 5.82 Å². The molecular weight excluding hydrogens is 328 g/mol. The minimum Gasteiger partial charge on any atom is -0.378 e. The van der Waals surface area contributed by atoms with Gasteiger partial charge in [-0.2, -0.15) is 4.98 Å². The Morgan fingerprint density at radius 3 is 2.15 bits per heavy atom. The summed E-state index contributed by atoms with van der Waals surface area (Å²) in [6, 6.07) is 10.6. The molecule has 1 aromatic heterocycles. The molecule has 26 heavy (non-hydrogen) atoms. The molecule has 3 heterocycles. The van der Waals surface area contributed by atoms with E-state index in [0.717, 1.165) is 77.2 Å². The molecule has 0 atom stereocenters. The highest BCUT2D eigenvalue weighted by atomic mass is 16.5. The second kappa shape index (κ2) is 8.47. The van der Waals surface area contributed by atoms with Gasteiger partial charge in [0.25, 0.3) is 0 Å². The van der Waals surface area contributed by atoms with E-state index in [4.69, 9.17) is 14.5 Å². The maximum Gasteiger partial charge on any atom is 0.227 e. The summed E-state index contributed by atoms with van der Waals surface area (Å²) >= 11 is 0. The number of rotatable bonds is 5. The van der Waals surface area contributed by atoms with Gasteiger partial charge in [0.2, 0.25) is 5.95 Å². The van der Waals surface area contributed by atoms with E-state index in [0.29, 0.717) is 0 Å². The van der Waals surface area contributed by atoms with Gasteiger partial charge in [-0.05, 0) is 18.4 Å². The lowest BCUT2D eigenvalue weighted by Gasteiger charge is -2.32. The number of nitrogens with zero attached hydrogens (tertiary/aromatic N) is 4. The zero-order valence-corrected chi connectivity index (χ0v) is 15.1. The second-order valence-electron chi connectivity index (χ2n) is 6.70. The molecule has 0 radical (unpaired) electrons. The Labute approximate surface area is 154 Å². The van der Waals surface area contributed by atoms with E-state index in [-0.39, 0.29) is 0 Å². The summed E-state index contributed by atoms with van der Waals surface area (Å²) in [4.78, 5) is 14.2. The topological polar surface area (TPSA) is 50.7 Å². The highest BCUT2D eigenvalue weighted by molar-refractivity contribution is 5.51. The van der Waals surface area contributed by atoms with Gasteiger partial charge >= 0.3 is 0 Å². The predicted octanol–water partition coefficient (Wildman–Crippen LogP) is 1.93. The fraction of sp³-hybridized carbons (Fsp3) is 0.500. The molecule has 2 saturated heterocycles. The zero-order chi connectivity index (χ0) is 17.6. The third-order valence-electron chi connectivity index (χ3n) is 4.96. The largest absolute Gasteiger partial charge is 0.378 e. The van der Waals surface area contributed by atoms with Gasteiger partial charge in [-0.15, -0.1) is 0 Å². The van der Waals surface area contributed by atoms with Crippen molar-refractivity contribution in [3.63, 3.8) is 0 Å². The fourth-order valence-electron chi connectivity index (χ4n) is 3.45. The van der Waals surface area contributed by atoms with Crippen LogP contribution in [0.15, 0.2) is 36.5 Å². The number of hydrogen-bond acceptors (Lipinski definition) is 6. The Kier molecular flexibility index (Phi) is 5.62. The Morgan fingerprint density at radius 2 is 1.46 bits per heavy atom. The van der Waals surface area contributed by atoms with Gasteiger partial charge in [-0.1, -0.05) is 30.3 Å². The molecule has 4 rings (SSSR count). The van der Waals surface area contributed by atoms with Gasteiger partial charge < -0.3 is 19.3 Å². The second-order valence-corrected chi connectivity index (χ2v) is 6.70. The highest BCUT2D eigenvalue weighted by Crippen LogP contribution is 2.23. The van der Waals surface area contributed by atoms with Gasteiger partial charge in [0.15, 0.2) is 0 Å². The van der Waals surface area contributed by atoms with Crippen LogP contribution in [0.4, 0.5) is 11.8 Å². The van der Waals surface area contributed by atoms with Crippen LogP contribution in [-0.2, 0) is 22.3 Å². The fourth-order valence-corrected chi connectivity index (χ4v) is 3.45. The van der Waals surface area contributed by atoms with Gasteiger partial charge in [-0.25, -0.2) is 4.98 Å². The first-order chi connectivity index (χ1) is 12.9. The summed E-state index contributed by atoms with van der Waals surface area (Å²) in [6.07, 6.45) is 3.96. The third-order valence-corrected chi connectivity index (χ3v) is 4.96. The van der Waals surface area contributed by atoms with Crippen LogP contribution in [0.5, 0.6) is 0 Å². The molecular formula is C20H26N4O2. The lowest BCUT2D eigenvalue weighted by atomic mass is 10.1. The van der Waals surface area contributed by atoms with Crippen LogP contribution in [-0.4, -0.2) is 62.6 Å². The highest BCUT2D eigenvalue weighted by Gasteiger charge is 2.20. The van der Waals surface area contributed by atoms with Crippen molar-refractivity contribution in [2.45, 2.75) is 12.8 Å². The van der Waals surface area contributed by atoms with Crippen molar-refractivity contribution in [1.82, 2.24) is 9.97 Å². The van der Waals surface area contributed by atoms with Crippen LogP contribution >= 0.6 is 0 Å². The van der Waals surface area contributed by atoms with Gasteiger partial charge in [0.05, 0.1) is 26.4 Å². The molecule has 0 unspecified atom stereocenters. The lowest BCUT2D eigenvalue weighted by molar-refractivity contribution is 0.121. The van der Waals surface area contributed by atoms with Crippen LogP contribution in [0.3, 0.4) is 0 Å². The Bertz CT molecular complexity index is 698. The van der Waals surface area contributed by atoms with Crippen LogP contribution in [0.25, 0.3) is 0 Å². The minimum absolute atomic E-state index is 0.742. The molecule has 6 heteroatoms. The first kappa shape index (κ1) is 17.2. The smallest absolute Gasteiger partial charge is 0.227 e. The number of anilines is 2. The molecule has 0 spiro atoms. The first-order valence-corrected chi connectivity index (χ1v) is 9.45. The molecule has 138 valence electrons. The molecule has 0 saturated carbocycles. The molecule has 0 aliphatic carbocycles. The number of aryl methyl sites for hydroxylation is 2. The summed E-state index contributed by atoms with van der Waals surface area (Å²) in [6.45, 7) is 6.48. The average molecular weight is 354 g/mol. The lowest BCUT2D eigenvalue weighted by Crippen LogP contribution is -2.40. The first-order valence-electron chi connectivity index (χ1n) is 9.45. The van der Waals surface area contributed by atoms with Crippen molar-refractivity contribution in [1.29, 1.82) is 0 Å². The van der Waals surface area contributed by atoms with Crippen molar-refractivity contribution in [2.75, 3.05) is 62.4 Å². The maximum absolute atomic E-state index is 5.52. The summed E-state index contributed by atoms with van der Waals surface area (Å²) in [5.74, 6) is 1.89. The molecule has 6 nitrogen and oxygen atoms in total.